The Hall–Kier alpha value is -0.970. The molecule has 0 bridgehead atoms. The number of likely N-dealkylation sites (N-methyl/N-ethyl adjacent to an activating group) is 1. The SMILES string of the molecule is CCCNC(CO)CCN(C)CCc1ccccn1. The predicted octanol–water partition coefficient (Wildman–Crippen LogP) is 1.31. The van der Waals surface area contributed by atoms with Crippen molar-refractivity contribution in [1.82, 2.24) is 15.2 Å². The maximum Gasteiger partial charge on any atom is 0.0585 e. The third-order valence-corrected chi connectivity index (χ3v) is 3.24. The highest BCUT2D eigenvalue weighted by atomic mass is 16.3. The van der Waals surface area contributed by atoms with Crippen molar-refractivity contribution in [2.75, 3.05) is 33.3 Å². The number of hydrogen-bond donors (Lipinski definition) is 2. The molecule has 1 unspecified atom stereocenters. The zero-order chi connectivity index (χ0) is 13.9. The van der Waals surface area contributed by atoms with Gasteiger partial charge in [-0.25, -0.2) is 0 Å². The average molecular weight is 265 g/mol. The van der Waals surface area contributed by atoms with Crippen LogP contribution in [0, 0.1) is 0 Å². The molecule has 0 aromatic carbocycles. The Kier molecular flexibility index (Phi) is 8.38. The molecule has 0 aliphatic carbocycles. The van der Waals surface area contributed by atoms with Crippen molar-refractivity contribution in [3.8, 4) is 0 Å². The molecule has 0 spiro atoms. The van der Waals surface area contributed by atoms with E-state index in [0.29, 0.717) is 0 Å². The zero-order valence-corrected chi connectivity index (χ0v) is 12.2. The summed E-state index contributed by atoms with van der Waals surface area (Å²) in [7, 11) is 2.12. The van der Waals surface area contributed by atoms with Gasteiger partial charge in [-0.3, -0.25) is 4.98 Å². The molecule has 0 aliphatic heterocycles. The molecule has 108 valence electrons. The number of nitrogens with one attached hydrogen (secondary N) is 1. The van der Waals surface area contributed by atoms with Gasteiger partial charge in [0.15, 0.2) is 0 Å². The quantitative estimate of drug-likeness (QED) is 0.669. The van der Waals surface area contributed by atoms with E-state index in [2.05, 4.69) is 35.2 Å². The molecule has 1 aromatic rings. The van der Waals surface area contributed by atoms with E-state index in [4.69, 9.17) is 0 Å². The second-order valence-corrected chi connectivity index (χ2v) is 5.00. The predicted molar refractivity (Wildman–Crippen MR) is 79.2 cm³/mol. The summed E-state index contributed by atoms with van der Waals surface area (Å²) < 4.78 is 0. The summed E-state index contributed by atoms with van der Waals surface area (Å²) in [4.78, 5) is 6.62. The number of aliphatic hydroxyl groups excluding tert-OH is 1. The van der Waals surface area contributed by atoms with Crippen LogP contribution in [0.3, 0.4) is 0 Å². The minimum Gasteiger partial charge on any atom is -0.395 e. The van der Waals surface area contributed by atoms with Crippen molar-refractivity contribution >= 4 is 0 Å². The molecular formula is C15H27N3O. The van der Waals surface area contributed by atoms with Crippen molar-refractivity contribution in [1.29, 1.82) is 0 Å². The monoisotopic (exact) mass is 265 g/mol. The molecule has 4 heteroatoms. The Bertz CT molecular complexity index is 318. The lowest BCUT2D eigenvalue weighted by Gasteiger charge is -2.21. The Labute approximate surface area is 116 Å². The fourth-order valence-electron chi connectivity index (χ4n) is 1.95. The van der Waals surface area contributed by atoms with E-state index >= 15 is 0 Å². The first-order valence-electron chi connectivity index (χ1n) is 7.19. The van der Waals surface area contributed by atoms with E-state index in [9.17, 15) is 5.11 Å². The minimum absolute atomic E-state index is 0.216. The van der Waals surface area contributed by atoms with Crippen LogP contribution in [0.5, 0.6) is 0 Å². The summed E-state index contributed by atoms with van der Waals surface area (Å²) in [6, 6.07) is 6.25. The van der Waals surface area contributed by atoms with Gasteiger partial charge in [-0.15, -0.1) is 0 Å². The molecule has 0 fully saturated rings. The second-order valence-electron chi connectivity index (χ2n) is 5.00. The fourth-order valence-corrected chi connectivity index (χ4v) is 1.95. The van der Waals surface area contributed by atoms with Gasteiger partial charge >= 0.3 is 0 Å². The lowest BCUT2D eigenvalue weighted by atomic mass is 10.2. The maximum absolute atomic E-state index is 9.28. The molecule has 1 rings (SSSR count). The normalized spacial score (nSPS) is 12.8. The number of nitrogens with zero attached hydrogens (tertiary/aromatic N) is 2. The van der Waals surface area contributed by atoms with Crippen LogP contribution in [0.4, 0.5) is 0 Å². The molecule has 0 amide bonds. The average Bonchev–Trinajstić information content (AvgIpc) is 2.46. The van der Waals surface area contributed by atoms with Crippen LogP contribution in [0.2, 0.25) is 0 Å². The highest BCUT2D eigenvalue weighted by Crippen LogP contribution is 1.99. The van der Waals surface area contributed by atoms with E-state index in [1.54, 1.807) is 0 Å². The third-order valence-electron chi connectivity index (χ3n) is 3.24. The lowest BCUT2D eigenvalue weighted by molar-refractivity contribution is 0.218. The number of hydrogen-bond acceptors (Lipinski definition) is 4. The van der Waals surface area contributed by atoms with Crippen LogP contribution in [-0.2, 0) is 6.42 Å². The van der Waals surface area contributed by atoms with Crippen molar-refractivity contribution in [2.45, 2.75) is 32.2 Å². The van der Waals surface area contributed by atoms with E-state index in [0.717, 1.165) is 44.6 Å². The van der Waals surface area contributed by atoms with Gasteiger partial charge in [0.1, 0.15) is 0 Å². The maximum atomic E-state index is 9.28. The molecule has 0 saturated heterocycles. The molecule has 0 aliphatic rings. The first kappa shape index (κ1) is 16.1. The van der Waals surface area contributed by atoms with Crippen LogP contribution in [-0.4, -0.2) is 54.3 Å². The van der Waals surface area contributed by atoms with E-state index in [1.165, 1.54) is 0 Å². The largest absolute Gasteiger partial charge is 0.395 e. The zero-order valence-electron chi connectivity index (χ0n) is 12.2. The molecule has 1 aromatic heterocycles. The minimum atomic E-state index is 0.216. The van der Waals surface area contributed by atoms with Crippen LogP contribution >= 0.6 is 0 Å². The van der Waals surface area contributed by atoms with Crippen molar-refractivity contribution < 1.29 is 5.11 Å². The van der Waals surface area contributed by atoms with Crippen LogP contribution in [0.1, 0.15) is 25.5 Å². The number of pyridine rings is 1. The second kappa shape index (κ2) is 9.89. The van der Waals surface area contributed by atoms with Crippen molar-refractivity contribution in [3.63, 3.8) is 0 Å². The van der Waals surface area contributed by atoms with Gasteiger partial charge in [-0.1, -0.05) is 13.0 Å². The summed E-state index contributed by atoms with van der Waals surface area (Å²) in [5, 5.41) is 12.6. The highest BCUT2D eigenvalue weighted by molar-refractivity contribution is 5.03. The van der Waals surface area contributed by atoms with Crippen molar-refractivity contribution in [3.05, 3.63) is 30.1 Å². The van der Waals surface area contributed by atoms with Crippen LogP contribution in [0.25, 0.3) is 0 Å². The Balaban J connectivity index is 2.18. The molecule has 0 radical (unpaired) electrons. The molecule has 2 N–H and O–H groups in total. The van der Waals surface area contributed by atoms with Crippen LogP contribution in [0.15, 0.2) is 24.4 Å². The molecule has 0 saturated carbocycles. The standard InChI is InChI=1S/C15H27N3O/c1-3-9-16-15(13-19)8-12-18(2)11-7-14-6-4-5-10-17-14/h4-6,10,15-16,19H,3,7-9,11-13H2,1-2H3. The number of rotatable bonds is 10. The molecule has 19 heavy (non-hydrogen) atoms. The van der Waals surface area contributed by atoms with Gasteiger partial charge < -0.3 is 15.3 Å². The topological polar surface area (TPSA) is 48.4 Å². The molecular weight excluding hydrogens is 238 g/mol. The molecule has 1 heterocycles. The fraction of sp³-hybridized carbons (Fsp3) is 0.667. The van der Waals surface area contributed by atoms with E-state index in [1.807, 2.05) is 18.3 Å². The van der Waals surface area contributed by atoms with Gasteiger partial charge in [-0.05, 0) is 45.1 Å². The van der Waals surface area contributed by atoms with Crippen LogP contribution < -0.4 is 5.32 Å². The van der Waals surface area contributed by atoms with Gasteiger partial charge in [-0.2, -0.15) is 0 Å². The first-order valence-corrected chi connectivity index (χ1v) is 7.19. The van der Waals surface area contributed by atoms with Gasteiger partial charge in [0.05, 0.1) is 6.61 Å². The third kappa shape index (κ3) is 7.25. The van der Waals surface area contributed by atoms with Gasteiger partial charge in [0.25, 0.3) is 0 Å². The summed E-state index contributed by atoms with van der Waals surface area (Å²) >= 11 is 0. The lowest BCUT2D eigenvalue weighted by Crippen LogP contribution is -2.36. The van der Waals surface area contributed by atoms with E-state index < -0.39 is 0 Å². The summed E-state index contributed by atoms with van der Waals surface area (Å²) in [5.41, 5.74) is 1.14. The highest BCUT2D eigenvalue weighted by Gasteiger charge is 2.07. The Morgan fingerprint density at radius 1 is 1.37 bits per heavy atom. The first-order chi connectivity index (χ1) is 9.26. The van der Waals surface area contributed by atoms with E-state index in [-0.39, 0.29) is 12.6 Å². The van der Waals surface area contributed by atoms with Gasteiger partial charge in [0.2, 0.25) is 0 Å². The summed E-state index contributed by atoms with van der Waals surface area (Å²) in [5.74, 6) is 0. The molecule has 4 nitrogen and oxygen atoms in total. The number of aromatic nitrogens is 1. The smallest absolute Gasteiger partial charge is 0.0585 e. The Morgan fingerprint density at radius 2 is 2.21 bits per heavy atom. The van der Waals surface area contributed by atoms with Crippen molar-refractivity contribution in [2.24, 2.45) is 0 Å². The van der Waals surface area contributed by atoms with Gasteiger partial charge in [0, 0.05) is 30.9 Å². The summed E-state index contributed by atoms with van der Waals surface area (Å²) in [6.45, 7) is 5.33. The Morgan fingerprint density at radius 3 is 2.84 bits per heavy atom. The molecule has 1 atom stereocenters. The number of aliphatic hydroxyl groups is 1. The summed E-state index contributed by atoms with van der Waals surface area (Å²) in [6.07, 6.45) is 4.90.